The summed E-state index contributed by atoms with van der Waals surface area (Å²) in [7, 11) is 1.79. The van der Waals surface area contributed by atoms with E-state index in [1.165, 1.54) is 0 Å². The molecule has 2 atom stereocenters. The average Bonchev–Trinajstić information content (AvgIpc) is 2.65. The number of carbonyl (C=O) groups excluding carboxylic acids is 1. The van der Waals surface area contributed by atoms with Crippen molar-refractivity contribution >= 4 is 5.91 Å². The number of carbonyl (C=O) groups is 1. The maximum atomic E-state index is 12.0. The molecule has 88 valence electrons. The third kappa shape index (κ3) is 2.69. The molecule has 0 bridgehead atoms. The fourth-order valence-corrected chi connectivity index (χ4v) is 2.14. The van der Waals surface area contributed by atoms with Crippen LogP contribution in [0.4, 0.5) is 0 Å². The van der Waals surface area contributed by atoms with E-state index in [2.05, 4.69) is 5.32 Å². The molecule has 1 aliphatic heterocycles. The molecule has 4 heteroatoms. The Hall–Kier alpha value is -0.610. The van der Waals surface area contributed by atoms with Gasteiger partial charge in [-0.3, -0.25) is 4.79 Å². The van der Waals surface area contributed by atoms with Gasteiger partial charge in [-0.1, -0.05) is 13.8 Å². The zero-order chi connectivity index (χ0) is 11.4. The number of nitrogens with zero attached hydrogens (tertiary/aromatic N) is 1. The molecule has 4 nitrogen and oxygen atoms in total. The van der Waals surface area contributed by atoms with Crippen LogP contribution in [0.1, 0.15) is 26.7 Å². The molecule has 2 unspecified atom stereocenters. The molecule has 0 aliphatic carbocycles. The van der Waals surface area contributed by atoms with Gasteiger partial charge in [-0.05, 0) is 12.8 Å². The summed E-state index contributed by atoms with van der Waals surface area (Å²) in [6.45, 7) is 5.35. The molecule has 2 N–H and O–H groups in total. The molecule has 0 aromatic carbocycles. The van der Waals surface area contributed by atoms with Crippen molar-refractivity contribution in [2.45, 2.75) is 38.8 Å². The van der Waals surface area contributed by atoms with E-state index in [-0.39, 0.29) is 17.9 Å². The lowest BCUT2D eigenvalue weighted by atomic mass is 10.0. The summed E-state index contributed by atoms with van der Waals surface area (Å²) in [6, 6.07) is -0.0573. The average molecular weight is 214 g/mol. The molecule has 1 rings (SSSR count). The first-order valence-electron chi connectivity index (χ1n) is 5.77. The topological polar surface area (TPSA) is 52.6 Å². The van der Waals surface area contributed by atoms with Crippen molar-refractivity contribution < 1.29 is 9.90 Å². The van der Waals surface area contributed by atoms with Crippen LogP contribution in [0, 0.1) is 5.92 Å². The van der Waals surface area contributed by atoms with Gasteiger partial charge in [-0.25, -0.2) is 0 Å². The molecule has 0 aromatic heterocycles. The van der Waals surface area contributed by atoms with Crippen LogP contribution < -0.4 is 5.32 Å². The Kier molecular flexibility index (Phi) is 4.54. The zero-order valence-electron chi connectivity index (χ0n) is 9.86. The van der Waals surface area contributed by atoms with E-state index in [4.69, 9.17) is 0 Å². The predicted molar refractivity (Wildman–Crippen MR) is 59.5 cm³/mol. The number of likely N-dealkylation sites (N-methyl/N-ethyl adjacent to an activating group) is 1. The number of aliphatic hydroxyl groups excluding tert-OH is 1. The van der Waals surface area contributed by atoms with Gasteiger partial charge < -0.3 is 15.3 Å². The van der Waals surface area contributed by atoms with E-state index in [0.29, 0.717) is 13.1 Å². The van der Waals surface area contributed by atoms with Crippen molar-refractivity contribution in [3.63, 3.8) is 0 Å². The smallest absolute Gasteiger partial charge is 0.225 e. The first kappa shape index (κ1) is 12.5. The van der Waals surface area contributed by atoms with Crippen molar-refractivity contribution in [3.8, 4) is 0 Å². The minimum absolute atomic E-state index is 0.0573. The van der Waals surface area contributed by atoms with Crippen molar-refractivity contribution in [2.75, 3.05) is 20.1 Å². The molecule has 1 heterocycles. The van der Waals surface area contributed by atoms with Gasteiger partial charge in [0.25, 0.3) is 0 Å². The number of rotatable bonds is 4. The molecule has 0 aromatic rings. The number of nitrogens with one attached hydrogen (secondary N) is 1. The van der Waals surface area contributed by atoms with Gasteiger partial charge in [0.2, 0.25) is 5.91 Å². The molecule has 1 aliphatic rings. The Balaban J connectivity index is 2.58. The number of amides is 1. The predicted octanol–water partition coefficient (Wildman–Crippen LogP) is 0.214. The first-order chi connectivity index (χ1) is 7.11. The normalized spacial score (nSPS) is 25.9. The summed E-state index contributed by atoms with van der Waals surface area (Å²) in [5, 5.41) is 12.8. The second kappa shape index (κ2) is 5.47. The molecule has 0 saturated carbocycles. The Bertz CT molecular complexity index is 217. The van der Waals surface area contributed by atoms with Crippen LogP contribution in [-0.2, 0) is 4.79 Å². The van der Waals surface area contributed by atoms with Crippen LogP contribution in [0.3, 0.4) is 0 Å². The third-order valence-electron chi connectivity index (χ3n) is 3.33. The molecule has 1 amide bonds. The van der Waals surface area contributed by atoms with Gasteiger partial charge in [0, 0.05) is 26.1 Å². The highest BCUT2D eigenvalue weighted by molar-refractivity contribution is 5.78. The van der Waals surface area contributed by atoms with Gasteiger partial charge in [0.15, 0.2) is 0 Å². The zero-order valence-corrected chi connectivity index (χ0v) is 9.86. The molecule has 0 radical (unpaired) electrons. The Morgan fingerprint density at radius 3 is 2.47 bits per heavy atom. The molecule has 1 saturated heterocycles. The standard InChI is InChI=1S/C11H22N2O2/c1-4-8(5-2)11(15)13(3)9-6-12-7-10(9)14/h8-10,12,14H,4-7H2,1-3H3. The quantitative estimate of drug-likeness (QED) is 0.703. The lowest BCUT2D eigenvalue weighted by molar-refractivity contribution is -0.137. The van der Waals surface area contributed by atoms with Crippen molar-refractivity contribution in [3.05, 3.63) is 0 Å². The monoisotopic (exact) mass is 214 g/mol. The summed E-state index contributed by atoms with van der Waals surface area (Å²) in [5.74, 6) is 0.260. The maximum absolute atomic E-state index is 12.0. The Morgan fingerprint density at radius 1 is 1.47 bits per heavy atom. The highest BCUT2D eigenvalue weighted by Crippen LogP contribution is 2.15. The van der Waals surface area contributed by atoms with E-state index >= 15 is 0 Å². The summed E-state index contributed by atoms with van der Waals surface area (Å²) in [4.78, 5) is 13.7. The number of β-amino-alcohol motifs (C(OH)–C–C–N with tert-alkyl or cyclic N) is 1. The number of hydrogen-bond donors (Lipinski definition) is 2. The maximum Gasteiger partial charge on any atom is 0.225 e. The lowest BCUT2D eigenvalue weighted by Gasteiger charge is -2.29. The minimum Gasteiger partial charge on any atom is -0.390 e. The minimum atomic E-state index is -0.423. The highest BCUT2D eigenvalue weighted by atomic mass is 16.3. The Morgan fingerprint density at radius 2 is 2.07 bits per heavy atom. The van der Waals surface area contributed by atoms with Crippen LogP contribution in [0.15, 0.2) is 0 Å². The third-order valence-corrected chi connectivity index (χ3v) is 3.33. The molecule has 0 spiro atoms. The van der Waals surface area contributed by atoms with Crippen LogP contribution in [0.25, 0.3) is 0 Å². The Labute approximate surface area is 91.6 Å². The van der Waals surface area contributed by atoms with Gasteiger partial charge in [-0.15, -0.1) is 0 Å². The largest absolute Gasteiger partial charge is 0.390 e. The number of aliphatic hydroxyl groups is 1. The van der Waals surface area contributed by atoms with E-state index in [1.807, 2.05) is 13.8 Å². The highest BCUT2D eigenvalue weighted by Gasteiger charge is 2.32. The van der Waals surface area contributed by atoms with E-state index in [9.17, 15) is 9.90 Å². The SMILES string of the molecule is CCC(CC)C(=O)N(C)C1CNCC1O. The molecular weight excluding hydrogens is 192 g/mol. The number of hydrogen-bond acceptors (Lipinski definition) is 3. The van der Waals surface area contributed by atoms with Gasteiger partial charge in [-0.2, -0.15) is 0 Å². The van der Waals surface area contributed by atoms with Crippen molar-refractivity contribution in [1.82, 2.24) is 10.2 Å². The van der Waals surface area contributed by atoms with Crippen LogP contribution in [-0.4, -0.2) is 48.2 Å². The van der Waals surface area contributed by atoms with Gasteiger partial charge >= 0.3 is 0 Å². The first-order valence-corrected chi connectivity index (χ1v) is 5.77. The van der Waals surface area contributed by atoms with E-state index in [0.717, 1.165) is 12.8 Å². The molecular formula is C11H22N2O2. The van der Waals surface area contributed by atoms with Crippen molar-refractivity contribution in [1.29, 1.82) is 0 Å². The van der Waals surface area contributed by atoms with E-state index < -0.39 is 6.10 Å². The van der Waals surface area contributed by atoms with Gasteiger partial charge in [0.1, 0.15) is 0 Å². The fourth-order valence-electron chi connectivity index (χ4n) is 2.14. The molecule has 1 fully saturated rings. The summed E-state index contributed by atoms with van der Waals surface area (Å²) in [5.41, 5.74) is 0. The summed E-state index contributed by atoms with van der Waals surface area (Å²) >= 11 is 0. The van der Waals surface area contributed by atoms with Crippen LogP contribution in [0.5, 0.6) is 0 Å². The lowest BCUT2D eigenvalue weighted by Crippen LogP contribution is -2.46. The van der Waals surface area contributed by atoms with Gasteiger partial charge in [0.05, 0.1) is 12.1 Å². The summed E-state index contributed by atoms with van der Waals surface area (Å²) < 4.78 is 0. The second-order valence-corrected chi connectivity index (χ2v) is 4.26. The fraction of sp³-hybridized carbons (Fsp3) is 0.909. The second-order valence-electron chi connectivity index (χ2n) is 4.26. The van der Waals surface area contributed by atoms with E-state index in [1.54, 1.807) is 11.9 Å². The van der Waals surface area contributed by atoms with Crippen LogP contribution >= 0.6 is 0 Å². The van der Waals surface area contributed by atoms with Crippen molar-refractivity contribution in [2.24, 2.45) is 5.92 Å². The summed E-state index contributed by atoms with van der Waals surface area (Å²) in [6.07, 6.45) is 1.32. The van der Waals surface area contributed by atoms with Crippen LogP contribution in [0.2, 0.25) is 0 Å². The molecule has 15 heavy (non-hydrogen) atoms.